The Morgan fingerprint density at radius 3 is 2.51 bits per heavy atom. The minimum atomic E-state index is -0.241. The van der Waals surface area contributed by atoms with Gasteiger partial charge in [0, 0.05) is 35.1 Å². The molecule has 35 heavy (non-hydrogen) atoms. The Balaban J connectivity index is 1.39. The van der Waals surface area contributed by atoms with Crippen molar-refractivity contribution in [2.24, 2.45) is 0 Å². The van der Waals surface area contributed by atoms with Gasteiger partial charge < -0.3 is 20.8 Å². The number of ether oxygens (including phenoxy) is 1. The number of aryl methyl sites for hydroxylation is 2. The van der Waals surface area contributed by atoms with Crippen LogP contribution < -0.4 is 21.3 Å². The smallest absolute Gasteiger partial charge is 0.253 e. The van der Waals surface area contributed by atoms with E-state index in [2.05, 4.69) is 15.3 Å². The minimum absolute atomic E-state index is 0.168. The number of nitrogens with zero attached hydrogens (tertiary/aromatic N) is 1. The summed E-state index contributed by atoms with van der Waals surface area (Å²) in [7, 11) is 0. The number of hydrogen-bond donors (Lipinski definition) is 3. The number of rotatable bonds is 7. The van der Waals surface area contributed by atoms with Crippen molar-refractivity contribution < 1.29 is 9.53 Å². The summed E-state index contributed by atoms with van der Waals surface area (Å²) in [5, 5.41) is 2.83. The van der Waals surface area contributed by atoms with Gasteiger partial charge in [0.25, 0.3) is 11.5 Å². The van der Waals surface area contributed by atoms with Crippen LogP contribution in [0.4, 0.5) is 5.82 Å². The molecule has 178 valence electrons. The predicted octanol–water partition coefficient (Wildman–Crippen LogP) is 4.71. The van der Waals surface area contributed by atoms with E-state index in [0.29, 0.717) is 16.9 Å². The van der Waals surface area contributed by atoms with Crippen molar-refractivity contribution in [2.75, 3.05) is 5.73 Å². The maximum absolute atomic E-state index is 12.6. The first-order valence-electron chi connectivity index (χ1n) is 11.4. The van der Waals surface area contributed by atoms with Crippen molar-refractivity contribution in [2.45, 2.75) is 33.4 Å². The van der Waals surface area contributed by atoms with E-state index in [1.807, 2.05) is 69.3 Å². The molecule has 0 spiro atoms. The molecule has 0 aliphatic heterocycles. The highest BCUT2D eigenvalue weighted by Crippen LogP contribution is 2.27. The molecule has 4 N–H and O–H groups in total. The number of nitrogens with two attached hydrogens (primary N) is 1. The van der Waals surface area contributed by atoms with Gasteiger partial charge in [0.2, 0.25) is 0 Å². The molecule has 4 aromatic rings. The summed E-state index contributed by atoms with van der Waals surface area (Å²) < 4.78 is 6.14. The van der Waals surface area contributed by atoms with Crippen molar-refractivity contribution in [3.63, 3.8) is 0 Å². The van der Waals surface area contributed by atoms with Crippen LogP contribution >= 0.6 is 0 Å². The molecule has 0 bridgehead atoms. The van der Waals surface area contributed by atoms with Gasteiger partial charge in [-0.15, -0.1) is 0 Å². The highest BCUT2D eigenvalue weighted by atomic mass is 16.5. The molecule has 0 saturated heterocycles. The van der Waals surface area contributed by atoms with Crippen LogP contribution in [-0.2, 0) is 6.54 Å². The van der Waals surface area contributed by atoms with E-state index < -0.39 is 0 Å². The van der Waals surface area contributed by atoms with Gasteiger partial charge in [-0.25, -0.2) is 4.98 Å². The SMILES string of the molecule is Cc1cc(C)c(CNC(=O)c2ccc([C@@H](C)Oc3cccc(-c4ccc(N)nc4)c3)cc2)c(=O)[nH]1. The second-order valence-electron chi connectivity index (χ2n) is 8.51. The number of nitrogen functional groups attached to an aromatic ring is 1. The fourth-order valence-electron chi connectivity index (χ4n) is 3.87. The first-order chi connectivity index (χ1) is 16.8. The number of amides is 1. The van der Waals surface area contributed by atoms with E-state index in [1.54, 1.807) is 24.4 Å². The maximum atomic E-state index is 12.6. The zero-order valence-corrected chi connectivity index (χ0v) is 20.0. The monoisotopic (exact) mass is 468 g/mol. The number of nitrogens with one attached hydrogen (secondary N) is 2. The number of H-pyrrole nitrogens is 1. The number of aromatic amines is 1. The lowest BCUT2D eigenvalue weighted by molar-refractivity contribution is 0.0950. The second-order valence-corrected chi connectivity index (χ2v) is 8.51. The Morgan fingerprint density at radius 1 is 1.06 bits per heavy atom. The van der Waals surface area contributed by atoms with Crippen LogP contribution in [-0.4, -0.2) is 15.9 Å². The average molecular weight is 469 g/mol. The average Bonchev–Trinajstić information content (AvgIpc) is 2.84. The van der Waals surface area contributed by atoms with E-state index in [0.717, 1.165) is 33.7 Å². The number of benzene rings is 2. The van der Waals surface area contributed by atoms with Gasteiger partial charge in [0.05, 0.1) is 0 Å². The third kappa shape index (κ3) is 5.76. The highest BCUT2D eigenvalue weighted by Gasteiger charge is 2.12. The third-order valence-electron chi connectivity index (χ3n) is 5.83. The Kier molecular flexibility index (Phi) is 6.96. The van der Waals surface area contributed by atoms with Crippen LogP contribution in [0, 0.1) is 13.8 Å². The summed E-state index contributed by atoms with van der Waals surface area (Å²) in [4.78, 5) is 31.7. The van der Waals surface area contributed by atoms with Crippen LogP contribution in [0.25, 0.3) is 11.1 Å². The number of anilines is 1. The molecule has 0 saturated carbocycles. The summed E-state index contributed by atoms with van der Waals surface area (Å²) in [5.41, 5.74) is 11.1. The summed E-state index contributed by atoms with van der Waals surface area (Å²) in [5.74, 6) is 0.965. The molecule has 2 aromatic heterocycles. The molecule has 1 amide bonds. The molecule has 0 radical (unpaired) electrons. The number of hydrogen-bond acceptors (Lipinski definition) is 5. The highest BCUT2D eigenvalue weighted by molar-refractivity contribution is 5.94. The fraction of sp³-hybridized carbons (Fsp3) is 0.179. The summed E-state index contributed by atoms with van der Waals surface area (Å²) in [6, 6.07) is 20.6. The molecule has 7 heteroatoms. The molecule has 0 aliphatic carbocycles. The molecule has 2 heterocycles. The molecule has 0 unspecified atom stereocenters. The van der Waals surface area contributed by atoms with Gasteiger partial charge >= 0.3 is 0 Å². The van der Waals surface area contributed by atoms with Crippen molar-refractivity contribution in [1.82, 2.24) is 15.3 Å². The normalized spacial score (nSPS) is 11.6. The van der Waals surface area contributed by atoms with Crippen LogP contribution in [0.1, 0.15) is 45.8 Å². The number of pyridine rings is 2. The Labute approximate surface area is 204 Å². The first-order valence-corrected chi connectivity index (χ1v) is 11.4. The molecule has 1 atom stereocenters. The van der Waals surface area contributed by atoms with E-state index in [4.69, 9.17) is 10.5 Å². The lowest BCUT2D eigenvalue weighted by Crippen LogP contribution is -2.27. The number of carbonyl (C=O) groups is 1. The van der Waals surface area contributed by atoms with Crippen molar-refractivity contribution in [3.05, 3.63) is 111 Å². The lowest BCUT2D eigenvalue weighted by atomic mass is 10.1. The summed E-state index contributed by atoms with van der Waals surface area (Å²) in [6.45, 7) is 5.82. The molecule has 7 nitrogen and oxygen atoms in total. The van der Waals surface area contributed by atoms with Crippen molar-refractivity contribution in [3.8, 4) is 16.9 Å². The third-order valence-corrected chi connectivity index (χ3v) is 5.83. The van der Waals surface area contributed by atoms with Crippen LogP contribution in [0.5, 0.6) is 5.75 Å². The zero-order chi connectivity index (χ0) is 24.9. The molecule has 4 rings (SSSR count). The molecule has 0 fully saturated rings. The Hall–Kier alpha value is -4.39. The van der Waals surface area contributed by atoms with E-state index in [-0.39, 0.29) is 24.1 Å². The zero-order valence-electron chi connectivity index (χ0n) is 20.0. The summed E-state index contributed by atoms with van der Waals surface area (Å²) in [6.07, 6.45) is 1.51. The van der Waals surface area contributed by atoms with E-state index in [1.165, 1.54) is 0 Å². The molecule has 0 aliphatic rings. The Bertz CT molecular complexity index is 1390. The maximum Gasteiger partial charge on any atom is 0.253 e. The van der Waals surface area contributed by atoms with Gasteiger partial charge in [0.1, 0.15) is 17.7 Å². The predicted molar refractivity (Wildman–Crippen MR) is 137 cm³/mol. The van der Waals surface area contributed by atoms with Crippen LogP contribution in [0.2, 0.25) is 0 Å². The fourth-order valence-corrected chi connectivity index (χ4v) is 3.87. The largest absolute Gasteiger partial charge is 0.486 e. The van der Waals surface area contributed by atoms with Gasteiger partial charge in [-0.2, -0.15) is 0 Å². The van der Waals surface area contributed by atoms with E-state index >= 15 is 0 Å². The lowest BCUT2D eigenvalue weighted by Gasteiger charge is -2.16. The number of carbonyl (C=O) groups excluding carboxylic acids is 1. The first kappa shape index (κ1) is 23.8. The van der Waals surface area contributed by atoms with Gasteiger partial charge in [-0.05, 0) is 79.9 Å². The van der Waals surface area contributed by atoms with Gasteiger partial charge in [-0.3, -0.25) is 9.59 Å². The molecule has 2 aromatic carbocycles. The van der Waals surface area contributed by atoms with Crippen molar-refractivity contribution in [1.29, 1.82) is 0 Å². The number of aromatic nitrogens is 2. The topological polar surface area (TPSA) is 110 Å². The van der Waals surface area contributed by atoms with Gasteiger partial charge in [-0.1, -0.05) is 24.3 Å². The molecular weight excluding hydrogens is 440 g/mol. The molecular formula is C28H28N4O3. The summed E-state index contributed by atoms with van der Waals surface area (Å²) >= 11 is 0. The quantitative estimate of drug-likeness (QED) is 0.364. The Morgan fingerprint density at radius 2 is 1.83 bits per heavy atom. The second kappa shape index (κ2) is 10.3. The van der Waals surface area contributed by atoms with Gasteiger partial charge in [0.15, 0.2) is 0 Å². The van der Waals surface area contributed by atoms with Crippen LogP contribution in [0.3, 0.4) is 0 Å². The van der Waals surface area contributed by atoms with Crippen LogP contribution in [0.15, 0.2) is 77.7 Å². The standard InChI is InChI=1S/C28H28N4O3/c1-17-13-18(2)32-28(34)25(17)16-31-27(33)21-9-7-20(8-10-21)19(3)35-24-6-4-5-22(14-24)23-11-12-26(29)30-15-23/h4-15,19H,16H2,1-3H3,(H2,29,30)(H,31,33)(H,32,34)/t19-/m1/s1. The minimum Gasteiger partial charge on any atom is -0.486 e. The van der Waals surface area contributed by atoms with Crippen molar-refractivity contribution >= 4 is 11.7 Å². The van der Waals surface area contributed by atoms with E-state index in [9.17, 15) is 9.59 Å².